The van der Waals surface area contributed by atoms with Gasteiger partial charge in [-0.05, 0) is 55.5 Å². The Morgan fingerprint density at radius 3 is 2.23 bits per heavy atom. The van der Waals surface area contributed by atoms with Gasteiger partial charge in [-0.1, -0.05) is 35.4 Å². The number of sulfonamides is 1. The molecule has 2 amide bonds. The Bertz CT molecular complexity index is 1240. The number of carbonyl (C=O) groups is 2. The first-order valence-electron chi connectivity index (χ1n) is 9.22. The van der Waals surface area contributed by atoms with Crippen LogP contribution in [0.1, 0.15) is 22.8 Å². The largest absolute Gasteiger partial charge is 0.326 e. The molecule has 0 heterocycles. The molecule has 0 radical (unpaired) electrons. The van der Waals surface area contributed by atoms with Crippen molar-refractivity contribution in [3.8, 4) is 0 Å². The van der Waals surface area contributed by atoms with Crippen molar-refractivity contribution in [1.29, 1.82) is 0 Å². The van der Waals surface area contributed by atoms with Crippen molar-refractivity contribution in [3.63, 3.8) is 0 Å². The molecule has 0 unspecified atom stereocenters. The number of amides is 2. The van der Waals surface area contributed by atoms with Gasteiger partial charge in [-0.2, -0.15) is 0 Å². The number of anilines is 3. The van der Waals surface area contributed by atoms with Crippen LogP contribution in [0.25, 0.3) is 0 Å². The van der Waals surface area contributed by atoms with Gasteiger partial charge in [0.05, 0.1) is 15.6 Å². The third kappa shape index (κ3) is 5.84. The van der Waals surface area contributed by atoms with Gasteiger partial charge in [-0.25, -0.2) is 8.42 Å². The lowest BCUT2D eigenvalue weighted by molar-refractivity contribution is -0.114. The SMILES string of the molecule is CC(=O)Nc1ccc(Cl)c(NC(=O)c2cccc(S(=O)(=O)Nc3ccc(C)cc3)c2)c1. The highest BCUT2D eigenvalue weighted by Crippen LogP contribution is 2.26. The minimum Gasteiger partial charge on any atom is -0.326 e. The van der Waals surface area contributed by atoms with Crippen LogP contribution in [0, 0.1) is 6.92 Å². The molecule has 9 heteroatoms. The zero-order valence-corrected chi connectivity index (χ0v) is 18.3. The Kier molecular flexibility index (Phi) is 6.62. The summed E-state index contributed by atoms with van der Waals surface area (Å²) in [5, 5.41) is 5.51. The first kappa shape index (κ1) is 22.3. The molecule has 0 fully saturated rings. The number of rotatable bonds is 6. The number of hydrogen-bond donors (Lipinski definition) is 3. The highest BCUT2D eigenvalue weighted by Gasteiger charge is 2.17. The molecule has 31 heavy (non-hydrogen) atoms. The second-order valence-corrected chi connectivity index (χ2v) is 8.92. The standard InChI is InChI=1S/C22H20ClN3O4S/c1-14-6-8-17(9-7-14)26-31(29,30)19-5-3-4-16(12-19)22(28)25-21-13-18(24-15(2)27)10-11-20(21)23/h3-13,26H,1-2H3,(H,24,27)(H,25,28). The van der Waals surface area contributed by atoms with E-state index in [0.717, 1.165) is 5.56 Å². The van der Waals surface area contributed by atoms with E-state index >= 15 is 0 Å². The lowest BCUT2D eigenvalue weighted by atomic mass is 10.2. The fraction of sp³-hybridized carbons (Fsp3) is 0.0909. The van der Waals surface area contributed by atoms with Gasteiger partial charge >= 0.3 is 0 Å². The predicted octanol–water partition coefficient (Wildman–Crippen LogP) is 4.66. The molecule has 0 spiro atoms. The summed E-state index contributed by atoms with van der Waals surface area (Å²) in [4.78, 5) is 23.9. The number of aryl methyl sites for hydroxylation is 1. The van der Waals surface area contributed by atoms with Crippen molar-refractivity contribution < 1.29 is 18.0 Å². The molecular formula is C22H20ClN3O4S. The van der Waals surface area contributed by atoms with E-state index in [1.165, 1.54) is 43.3 Å². The molecule has 3 aromatic carbocycles. The second-order valence-electron chi connectivity index (χ2n) is 6.83. The molecule has 0 bridgehead atoms. The van der Waals surface area contributed by atoms with Crippen molar-refractivity contribution in [2.75, 3.05) is 15.4 Å². The maximum Gasteiger partial charge on any atom is 0.261 e. The Hall–Kier alpha value is -3.36. The average molecular weight is 458 g/mol. The normalized spacial score (nSPS) is 10.9. The highest BCUT2D eigenvalue weighted by atomic mass is 35.5. The number of carbonyl (C=O) groups excluding carboxylic acids is 2. The summed E-state index contributed by atoms with van der Waals surface area (Å²) in [6.45, 7) is 3.27. The summed E-state index contributed by atoms with van der Waals surface area (Å²) in [7, 11) is -3.89. The predicted molar refractivity (Wildman–Crippen MR) is 122 cm³/mol. The quantitative estimate of drug-likeness (QED) is 0.500. The molecule has 0 atom stereocenters. The van der Waals surface area contributed by atoms with E-state index < -0.39 is 15.9 Å². The number of halogens is 1. The topological polar surface area (TPSA) is 104 Å². The van der Waals surface area contributed by atoms with Crippen LogP contribution >= 0.6 is 11.6 Å². The van der Waals surface area contributed by atoms with E-state index in [9.17, 15) is 18.0 Å². The monoisotopic (exact) mass is 457 g/mol. The van der Waals surface area contributed by atoms with Crippen molar-refractivity contribution in [2.24, 2.45) is 0 Å². The number of hydrogen-bond acceptors (Lipinski definition) is 4. The molecule has 3 N–H and O–H groups in total. The third-order valence-electron chi connectivity index (χ3n) is 4.25. The van der Waals surface area contributed by atoms with Crippen LogP contribution in [0.2, 0.25) is 5.02 Å². The first-order valence-corrected chi connectivity index (χ1v) is 11.1. The summed E-state index contributed by atoms with van der Waals surface area (Å²) >= 11 is 6.14. The Morgan fingerprint density at radius 1 is 0.871 bits per heavy atom. The molecule has 3 aromatic rings. The smallest absolute Gasteiger partial charge is 0.261 e. The molecular weight excluding hydrogens is 438 g/mol. The van der Waals surface area contributed by atoms with E-state index in [4.69, 9.17) is 11.6 Å². The fourth-order valence-corrected chi connectivity index (χ4v) is 4.01. The van der Waals surface area contributed by atoms with Crippen molar-refractivity contribution in [3.05, 3.63) is 82.9 Å². The second kappa shape index (κ2) is 9.20. The van der Waals surface area contributed by atoms with Crippen LogP contribution < -0.4 is 15.4 Å². The molecule has 7 nitrogen and oxygen atoms in total. The highest BCUT2D eigenvalue weighted by molar-refractivity contribution is 7.92. The van der Waals surface area contributed by atoms with Gasteiger partial charge in [0.15, 0.2) is 0 Å². The van der Waals surface area contributed by atoms with E-state index in [1.54, 1.807) is 30.3 Å². The maximum absolute atomic E-state index is 12.7. The summed E-state index contributed by atoms with van der Waals surface area (Å²) in [5.74, 6) is -0.812. The van der Waals surface area contributed by atoms with Gasteiger partial charge in [0, 0.05) is 23.9 Å². The van der Waals surface area contributed by atoms with E-state index in [1.807, 2.05) is 6.92 Å². The van der Waals surface area contributed by atoms with Gasteiger partial charge in [0.1, 0.15) is 0 Å². The molecule has 0 saturated carbocycles. The van der Waals surface area contributed by atoms with Gasteiger partial charge in [-0.15, -0.1) is 0 Å². The third-order valence-corrected chi connectivity index (χ3v) is 5.95. The zero-order chi connectivity index (χ0) is 22.6. The van der Waals surface area contributed by atoms with Gasteiger partial charge in [-0.3, -0.25) is 14.3 Å². The molecule has 160 valence electrons. The molecule has 3 rings (SSSR count). The first-order chi connectivity index (χ1) is 14.6. The summed E-state index contributed by atoms with van der Waals surface area (Å²) < 4.78 is 27.9. The van der Waals surface area contributed by atoms with Crippen LogP contribution in [0.3, 0.4) is 0 Å². The van der Waals surface area contributed by atoms with Crippen molar-refractivity contribution in [1.82, 2.24) is 0 Å². The summed E-state index contributed by atoms with van der Waals surface area (Å²) in [6.07, 6.45) is 0. The molecule has 0 aliphatic carbocycles. The maximum atomic E-state index is 12.7. The lowest BCUT2D eigenvalue weighted by Crippen LogP contribution is -2.16. The van der Waals surface area contributed by atoms with E-state index in [0.29, 0.717) is 11.4 Å². The van der Waals surface area contributed by atoms with Crippen molar-refractivity contribution >= 4 is 50.5 Å². The van der Waals surface area contributed by atoms with Crippen LogP contribution in [-0.2, 0) is 14.8 Å². The van der Waals surface area contributed by atoms with Gasteiger partial charge < -0.3 is 10.6 Å². The van der Waals surface area contributed by atoms with Crippen LogP contribution in [-0.4, -0.2) is 20.2 Å². The van der Waals surface area contributed by atoms with E-state index in [-0.39, 0.29) is 27.1 Å². The van der Waals surface area contributed by atoms with Crippen LogP contribution in [0.4, 0.5) is 17.1 Å². The Morgan fingerprint density at radius 2 is 1.55 bits per heavy atom. The molecule has 0 saturated heterocycles. The van der Waals surface area contributed by atoms with Crippen LogP contribution in [0.15, 0.2) is 71.6 Å². The molecule has 0 aliphatic heterocycles. The van der Waals surface area contributed by atoms with Gasteiger partial charge in [0.2, 0.25) is 5.91 Å². The fourth-order valence-electron chi connectivity index (χ4n) is 2.74. The Labute approximate surface area is 185 Å². The lowest BCUT2D eigenvalue weighted by Gasteiger charge is -2.12. The van der Waals surface area contributed by atoms with Crippen LogP contribution in [0.5, 0.6) is 0 Å². The van der Waals surface area contributed by atoms with Gasteiger partial charge in [0.25, 0.3) is 15.9 Å². The number of nitrogens with one attached hydrogen (secondary N) is 3. The zero-order valence-electron chi connectivity index (χ0n) is 16.8. The Balaban J connectivity index is 1.82. The summed E-state index contributed by atoms with van der Waals surface area (Å²) in [6, 6.07) is 17.2. The average Bonchev–Trinajstić information content (AvgIpc) is 2.72. The van der Waals surface area contributed by atoms with E-state index in [2.05, 4.69) is 15.4 Å². The molecule has 0 aliphatic rings. The summed E-state index contributed by atoms with van der Waals surface area (Å²) in [5.41, 5.74) is 2.30. The molecule has 0 aromatic heterocycles. The minimum absolute atomic E-state index is 0.0566. The van der Waals surface area contributed by atoms with Crippen molar-refractivity contribution in [2.45, 2.75) is 18.7 Å². The minimum atomic E-state index is -3.89. The number of benzene rings is 3.